The van der Waals surface area contributed by atoms with Crippen molar-refractivity contribution in [2.45, 2.75) is 150 Å². The quantitative estimate of drug-likeness (QED) is 0.124. The van der Waals surface area contributed by atoms with Crippen molar-refractivity contribution < 1.29 is 0 Å². The third-order valence-corrected chi connectivity index (χ3v) is 21.2. The molecule has 0 aliphatic heterocycles. The van der Waals surface area contributed by atoms with Crippen LogP contribution >= 0.6 is 0 Å². The van der Waals surface area contributed by atoms with Gasteiger partial charge in [-0.15, -0.1) is 0 Å². The Morgan fingerprint density at radius 2 is 0.833 bits per heavy atom. The summed E-state index contributed by atoms with van der Waals surface area (Å²) in [5, 5.41) is 0. The van der Waals surface area contributed by atoms with Gasteiger partial charge in [-0.1, -0.05) is 0 Å². The number of unbranched alkanes of at least 4 members (excludes halogenated alkanes) is 3. The summed E-state index contributed by atoms with van der Waals surface area (Å²) in [7, 11) is 0. The van der Waals surface area contributed by atoms with Crippen molar-refractivity contribution in [2.75, 3.05) is 0 Å². The summed E-state index contributed by atoms with van der Waals surface area (Å²) in [5.41, 5.74) is 0. The van der Waals surface area contributed by atoms with Gasteiger partial charge in [0.15, 0.2) is 0 Å². The van der Waals surface area contributed by atoms with Crippen LogP contribution in [0.5, 0.6) is 0 Å². The van der Waals surface area contributed by atoms with E-state index in [1.807, 2.05) is 0 Å². The molecule has 182 valence electrons. The molecular formula is C28H62Sn2. The van der Waals surface area contributed by atoms with Crippen LogP contribution < -0.4 is 0 Å². The van der Waals surface area contributed by atoms with Crippen LogP contribution in [0.15, 0.2) is 0 Å². The van der Waals surface area contributed by atoms with E-state index in [4.69, 9.17) is 0 Å². The van der Waals surface area contributed by atoms with E-state index < -0.39 is 19.8 Å². The van der Waals surface area contributed by atoms with Gasteiger partial charge in [0.2, 0.25) is 0 Å². The fraction of sp³-hybridized carbons (Fsp3) is 1.00. The van der Waals surface area contributed by atoms with Crippen LogP contribution in [0.25, 0.3) is 0 Å². The topological polar surface area (TPSA) is 0 Å². The molecule has 0 aliphatic rings. The molecule has 2 heteroatoms. The molecule has 0 spiro atoms. The monoisotopic (exact) mass is 638 g/mol. The molecule has 0 amide bonds. The predicted octanol–water partition coefficient (Wildman–Crippen LogP) is 9.82. The Bertz CT molecular complexity index is 273. The van der Waals surface area contributed by atoms with E-state index in [1.54, 1.807) is 13.3 Å². The van der Waals surface area contributed by atoms with Crippen molar-refractivity contribution in [3.05, 3.63) is 0 Å². The number of hydrogen-bond donors (Lipinski definition) is 0. The van der Waals surface area contributed by atoms with Gasteiger partial charge in [0.1, 0.15) is 0 Å². The van der Waals surface area contributed by atoms with E-state index in [0.29, 0.717) is 0 Å². The van der Waals surface area contributed by atoms with E-state index in [-0.39, 0.29) is 0 Å². The first-order valence-corrected chi connectivity index (χ1v) is 23.4. The van der Waals surface area contributed by atoms with Gasteiger partial charge in [-0.2, -0.15) is 0 Å². The van der Waals surface area contributed by atoms with E-state index in [0.717, 1.165) is 23.7 Å². The summed E-state index contributed by atoms with van der Waals surface area (Å²) in [5.74, 6) is 4.17. The van der Waals surface area contributed by atoms with Gasteiger partial charge in [-0.05, 0) is 0 Å². The van der Waals surface area contributed by atoms with Gasteiger partial charge in [-0.25, -0.2) is 0 Å². The molecule has 0 aromatic heterocycles. The first kappa shape index (κ1) is 33.8. The Labute approximate surface area is 214 Å². The maximum absolute atomic E-state index is 2.46. The minimum atomic E-state index is -1.40. The van der Waals surface area contributed by atoms with Crippen molar-refractivity contribution in [3.8, 4) is 0 Å². The SMILES string of the molecule is CC(C)[CH2][SnH].CCCCC(CC)[CH2][SnH]([CH2]C(CC)CCCC)[CH2]C(CC)CCCC. The Hall–Kier alpha value is 1.60. The van der Waals surface area contributed by atoms with E-state index in [2.05, 4.69) is 55.4 Å². The van der Waals surface area contributed by atoms with Gasteiger partial charge in [0, 0.05) is 0 Å². The molecule has 0 aromatic rings. The van der Waals surface area contributed by atoms with Crippen molar-refractivity contribution in [1.82, 2.24) is 0 Å². The first-order chi connectivity index (χ1) is 14.4. The molecule has 0 nitrogen and oxygen atoms in total. The second kappa shape index (κ2) is 25.2. The van der Waals surface area contributed by atoms with Crippen LogP contribution in [0.4, 0.5) is 0 Å². The summed E-state index contributed by atoms with van der Waals surface area (Å²) >= 11 is 0.0294. The Kier molecular flexibility index (Phi) is 28.4. The summed E-state index contributed by atoms with van der Waals surface area (Å²) < 4.78 is 6.61. The van der Waals surface area contributed by atoms with Crippen molar-refractivity contribution in [1.29, 1.82) is 0 Å². The summed E-state index contributed by atoms with van der Waals surface area (Å²) in [6.07, 6.45) is 17.5. The Morgan fingerprint density at radius 3 is 1.00 bits per heavy atom. The van der Waals surface area contributed by atoms with Crippen molar-refractivity contribution >= 4 is 42.3 Å². The van der Waals surface area contributed by atoms with Crippen LogP contribution in [0.1, 0.15) is 132 Å². The van der Waals surface area contributed by atoms with Crippen LogP contribution in [0, 0.1) is 23.7 Å². The van der Waals surface area contributed by atoms with Crippen LogP contribution in [0.2, 0.25) is 17.7 Å². The van der Waals surface area contributed by atoms with Gasteiger partial charge in [-0.3, -0.25) is 0 Å². The molecule has 0 aromatic carbocycles. The zero-order valence-electron chi connectivity index (χ0n) is 22.8. The molecule has 30 heavy (non-hydrogen) atoms. The van der Waals surface area contributed by atoms with Gasteiger partial charge in [0.05, 0.1) is 0 Å². The molecule has 3 atom stereocenters. The van der Waals surface area contributed by atoms with E-state index in [1.165, 1.54) is 104 Å². The average Bonchev–Trinajstić information content (AvgIpc) is 2.76. The van der Waals surface area contributed by atoms with Crippen LogP contribution in [0.3, 0.4) is 0 Å². The number of hydrogen-bond acceptors (Lipinski definition) is 0. The molecule has 3 unspecified atom stereocenters. The molecule has 0 aliphatic carbocycles. The van der Waals surface area contributed by atoms with Gasteiger partial charge in [0.25, 0.3) is 0 Å². The molecule has 2 radical (unpaired) electrons. The minimum absolute atomic E-state index is 0.942. The maximum atomic E-state index is 2.46. The fourth-order valence-electron chi connectivity index (χ4n) is 4.65. The fourth-order valence-corrected chi connectivity index (χ4v) is 19.2. The predicted molar refractivity (Wildman–Crippen MR) is 148 cm³/mol. The van der Waals surface area contributed by atoms with Crippen molar-refractivity contribution in [2.24, 2.45) is 23.7 Å². The molecule has 0 N–H and O–H groups in total. The van der Waals surface area contributed by atoms with Gasteiger partial charge >= 0.3 is 216 Å². The second-order valence-corrected chi connectivity index (χ2v) is 20.8. The van der Waals surface area contributed by atoms with Crippen LogP contribution in [-0.4, -0.2) is 42.3 Å². The Balaban J connectivity index is 0. The van der Waals surface area contributed by atoms with E-state index >= 15 is 0 Å². The zero-order valence-corrected chi connectivity index (χ0v) is 29.4. The standard InChI is InChI=1S/3C8H17.C4H9.2Sn.2H/c3*1-4-6-7-8(3)5-2;1-4(2)3;;;;/h3*8H,3-7H2,1-2H3;4H,1H2,2-3H3;;;;. The molecule has 0 fully saturated rings. The molecule has 0 bridgehead atoms. The Morgan fingerprint density at radius 1 is 0.567 bits per heavy atom. The summed E-state index contributed by atoms with van der Waals surface area (Å²) in [6, 6.07) is 0. The molecule has 0 heterocycles. The summed E-state index contributed by atoms with van der Waals surface area (Å²) in [4.78, 5) is 0. The third-order valence-electron chi connectivity index (χ3n) is 7.10. The van der Waals surface area contributed by atoms with Crippen LogP contribution in [-0.2, 0) is 0 Å². The van der Waals surface area contributed by atoms with E-state index in [9.17, 15) is 0 Å². The summed E-state index contributed by atoms with van der Waals surface area (Å²) in [6.45, 7) is 19.0. The number of rotatable bonds is 19. The average molecular weight is 636 g/mol. The first-order valence-electron chi connectivity index (χ1n) is 14.1. The van der Waals surface area contributed by atoms with Crippen molar-refractivity contribution in [3.63, 3.8) is 0 Å². The van der Waals surface area contributed by atoms with Gasteiger partial charge < -0.3 is 0 Å². The zero-order chi connectivity index (χ0) is 23.2. The second-order valence-electron chi connectivity index (χ2n) is 10.5. The molecule has 0 rings (SSSR count). The molecule has 0 saturated carbocycles. The molecular weight excluding hydrogens is 574 g/mol. The normalized spacial score (nSPS) is 15.4. The third kappa shape index (κ3) is 21.4. The molecule has 0 saturated heterocycles.